The van der Waals surface area contributed by atoms with Crippen molar-refractivity contribution >= 4 is 33.0 Å². The minimum absolute atomic E-state index is 0.623. The normalized spacial score (nSPS) is 22.6. The molecule has 2 aromatic rings. The number of rotatable bonds is 1. The highest BCUT2D eigenvalue weighted by atomic mass is 79.9. The fourth-order valence-electron chi connectivity index (χ4n) is 4.03. The number of aromatic nitrogens is 1. The molecule has 0 aliphatic carbocycles. The summed E-state index contributed by atoms with van der Waals surface area (Å²) in [7, 11) is 0. The Labute approximate surface area is 128 Å². The van der Waals surface area contributed by atoms with Gasteiger partial charge in [-0.15, -0.1) is 0 Å². The van der Waals surface area contributed by atoms with Gasteiger partial charge in [-0.05, 0) is 37.1 Å². The third-order valence-electron chi connectivity index (χ3n) is 4.88. The van der Waals surface area contributed by atoms with E-state index >= 15 is 0 Å². The van der Waals surface area contributed by atoms with Gasteiger partial charge in [0.15, 0.2) is 0 Å². The summed E-state index contributed by atoms with van der Waals surface area (Å²) < 4.78 is 3.45. The van der Waals surface area contributed by atoms with Crippen LogP contribution in [0.4, 0.5) is 0 Å². The second-order valence-corrected chi connectivity index (χ2v) is 6.79. The Balaban J connectivity index is 2.00. The molecule has 20 heavy (non-hydrogen) atoms. The Morgan fingerprint density at radius 3 is 3.00 bits per heavy atom. The van der Waals surface area contributed by atoms with E-state index in [1.807, 2.05) is 6.20 Å². The van der Waals surface area contributed by atoms with Crippen LogP contribution in [0.5, 0.6) is 0 Å². The fraction of sp³-hybridized carbons (Fsp3) is 0.412. The monoisotopic (exact) mass is 330 g/mol. The maximum Gasteiger partial charge on any atom is 0.0539 e. The van der Waals surface area contributed by atoms with Gasteiger partial charge in [0, 0.05) is 40.8 Å². The molecule has 3 heterocycles. The third-order valence-corrected chi connectivity index (χ3v) is 5.37. The second kappa shape index (κ2) is 4.74. The summed E-state index contributed by atoms with van der Waals surface area (Å²) in [5.74, 6) is 0. The quantitative estimate of drug-likeness (QED) is 0.742. The van der Waals surface area contributed by atoms with Crippen LogP contribution in [0.2, 0.25) is 0 Å². The van der Waals surface area contributed by atoms with Gasteiger partial charge in [0.1, 0.15) is 0 Å². The van der Waals surface area contributed by atoms with Gasteiger partial charge in [0.05, 0.1) is 5.52 Å². The Kier molecular flexibility index (Phi) is 3.00. The van der Waals surface area contributed by atoms with E-state index in [1.165, 1.54) is 48.9 Å². The van der Waals surface area contributed by atoms with Crippen molar-refractivity contribution in [2.45, 2.75) is 31.7 Å². The Morgan fingerprint density at radius 2 is 2.15 bits per heavy atom. The zero-order valence-corrected chi connectivity index (χ0v) is 13.2. The minimum atomic E-state index is 0.623. The molecule has 3 heteroatoms. The van der Waals surface area contributed by atoms with Gasteiger partial charge >= 0.3 is 0 Å². The summed E-state index contributed by atoms with van der Waals surface area (Å²) in [6.45, 7) is 6.49. The highest BCUT2D eigenvalue weighted by Gasteiger charge is 2.33. The van der Waals surface area contributed by atoms with Crippen LogP contribution in [0.1, 0.15) is 36.6 Å². The zero-order chi connectivity index (χ0) is 13.7. The van der Waals surface area contributed by atoms with Gasteiger partial charge in [-0.2, -0.15) is 0 Å². The fourth-order valence-corrected chi connectivity index (χ4v) is 4.38. The van der Waals surface area contributed by atoms with Crippen molar-refractivity contribution in [1.82, 2.24) is 9.47 Å². The largest absolute Gasteiger partial charge is 0.320 e. The van der Waals surface area contributed by atoms with Crippen LogP contribution in [0.25, 0.3) is 17.1 Å². The molecule has 1 aromatic heterocycles. The van der Waals surface area contributed by atoms with Crippen LogP contribution < -0.4 is 0 Å². The summed E-state index contributed by atoms with van der Waals surface area (Å²) in [5.41, 5.74) is 4.35. The van der Waals surface area contributed by atoms with Crippen LogP contribution >= 0.6 is 15.9 Å². The molecule has 1 unspecified atom stereocenters. The second-order valence-electron chi connectivity index (χ2n) is 5.87. The number of halogens is 1. The zero-order valence-electron chi connectivity index (χ0n) is 11.6. The molecule has 1 aromatic carbocycles. The molecule has 0 radical (unpaired) electrons. The lowest BCUT2D eigenvalue weighted by Crippen LogP contribution is -2.38. The Hall–Kier alpha value is -1.06. The molecule has 2 aliphatic rings. The molecule has 0 saturated carbocycles. The first-order chi connectivity index (χ1) is 9.79. The van der Waals surface area contributed by atoms with E-state index in [4.69, 9.17) is 0 Å². The third kappa shape index (κ3) is 1.73. The molecule has 1 atom stereocenters. The summed E-state index contributed by atoms with van der Waals surface area (Å²) in [5, 5.41) is 1.42. The topological polar surface area (TPSA) is 8.17 Å². The maximum atomic E-state index is 4.03. The molecule has 104 valence electrons. The lowest BCUT2D eigenvalue weighted by molar-refractivity contribution is 0.139. The van der Waals surface area contributed by atoms with E-state index in [1.54, 1.807) is 5.56 Å². The number of nitrogens with zero attached hydrogens (tertiary/aromatic N) is 2. The molecule has 2 aliphatic heterocycles. The highest BCUT2D eigenvalue weighted by molar-refractivity contribution is 9.10. The van der Waals surface area contributed by atoms with Crippen LogP contribution in [0.15, 0.2) is 29.3 Å². The number of benzene rings is 1. The van der Waals surface area contributed by atoms with Crippen molar-refractivity contribution in [2.75, 3.05) is 13.1 Å². The average Bonchev–Trinajstić information content (AvgIpc) is 2.80. The lowest BCUT2D eigenvalue weighted by Gasteiger charge is -2.39. The van der Waals surface area contributed by atoms with Crippen LogP contribution in [-0.2, 0) is 6.42 Å². The van der Waals surface area contributed by atoms with Crippen molar-refractivity contribution in [3.8, 4) is 0 Å². The summed E-state index contributed by atoms with van der Waals surface area (Å²) >= 11 is 3.60. The SMILES string of the molecule is C=Cn1c2c(c3ccc(Br)cc31)C1CCCCN1CC2. The summed E-state index contributed by atoms with van der Waals surface area (Å²) in [6.07, 6.45) is 7.14. The molecule has 0 bridgehead atoms. The number of hydrogen-bond acceptors (Lipinski definition) is 1. The molecule has 0 N–H and O–H groups in total. The standard InChI is InChI=1S/C17H19BrN2/c1-2-20-15-8-10-19-9-4-3-5-14(19)17(15)13-7-6-12(18)11-16(13)20/h2,6-7,11,14H,1,3-5,8-10H2. The van der Waals surface area contributed by atoms with E-state index in [9.17, 15) is 0 Å². The van der Waals surface area contributed by atoms with Gasteiger partial charge in [-0.25, -0.2) is 0 Å². The average molecular weight is 331 g/mol. The first kappa shape index (κ1) is 12.7. The van der Waals surface area contributed by atoms with E-state index in [0.717, 1.165) is 10.9 Å². The highest BCUT2D eigenvalue weighted by Crippen LogP contribution is 2.42. The lowest BCUT2D eigenvalue weighted by atomic mass is 9.89. The van der Waals surface area contributed by atoms with E-state index < -0.39 is 0 Å². The van der Waals surface area contributed by atoms with Crippen LogP contribution in [-0.4, -0.2) is 22.6 Å². The van der Waals surface area contributed by atoms with Crippen LogP contribution in [0.3, 0.4) is 0 Å². The van der Waals surface area contributed by atoms with Gasteiger partial charge in [-0.3, -0.25) is 4.90 Å². The van der Waals surface area contributed by atoms with Crippen molar-refractivity contribution in [1.29, 1.82) is 0 Å². The van der Waals surface area contributed by atoms with Crippen molar-refractivity contribution in [3.63, 3.8) is 0 Å². The minimum Gasteiger partial charge on any atom is -0.320 e. The number of piperidine rings is 1. The first-order valence-electron chi connectivity index (χ1n) is 7.48. The number of fused-ring (bicyclic) bond motifs is 5. The molecule has 2 nitrogen and oxygen atoms in total. The van der Waals surface area contributed by atoms with Gasteiger partial charge in [0.2, 0.25) is 0 Å². The molecule has 0 spiro atoms. The Bertz CT molecular complexity index is 686. The van der Waals surface area contributed by atoms with Gasteiger partial charge < -0.3 is 4.57 Å². The molecule has 1 fully saturated rings. The summed E-state index contributed by atoms with van der Waals surface area (Å²) in [6, 6.07) is 7.29. The molecule has 1 saturated heterocycles. The summed E-state index contributed by atoms with van der Waals surface area (Å²) in [4.78, 5) is 2.68. The van der Waals surface area contributed by atoms with Gasteiger partial charge in [0.25, 0.3) is 0 Å². The van der Waals surface area contributed by atoms with Crippen LogP contribution in [0, 0.1) is 0 Å². The molecule has 0 amide bonds. The molecular weight excluding hydrogens is 312 g/mol. The number of hydrogen-bond donors (Lipinski definition) is 0. The van der Waals surface area contributed by atoms with Crippen molar-refractivity contribution in [3.05, 3.63) is 40.5 Å². The Morgan fingerprint density at radius 1 is 1.25 bits per heavy atom. The maximum absolute atomic E-state index is 4.03. The molecular formula is C17H19BrN2. The van der Waals surface area contributed by atoms with E-state index in [-0.39, 0.29) is 0 Å². The van der Waals surface area contributed by atoms with E-state index in [2.05, 4.69) is 50.2 Å². The van der Waals surface area contributed by atoms with Crippen molar-refractivity contribution in [2.24, 2.45) is 0 Å². The van der Waals surface area contributed by atoms with Gasteiger partial charge in [-0.1, -0.05) is 35.0 Å². The molecule has 4 rings (SSSR count). The smallest absolute Gasteiger partial charge is 0.0539 e. The first-order valence-corrected chi connectivity index (χ1v) is 8.27. The predicted molar refractivity (Wildman–Crippen MR) is 87.9 cm³/mol. The van der Waals surface area contributed by atoms with Crippen molar-refractivity contribution < 1.29 is 0 Å². The van der Waals surface area contributed by atoms with E-state index in [0.29, 0.717) is 6.04 Å². The predicted octanol–water partition coefficient (Wildman–Crippen LogP) is 4.59.